The first-order chi connectivity index (χ1) is 9.88. The first-order valence-corrected chi connectivity index (χ1v) is 6.66. The molecule has 0 saturated carbocycles. The van der Waals surface area contributed by atoms with Crippen LogP contribution in [0.2, 0.25) is 5.02 Å². The van der Waals surface area contributed by atoms with Gasteiger partial charge in [-0.2, -0.15) is 0 Å². The predicted octanol–water partition coefficient (Wildman–Crippen LogP) is 4.40. The third-order valence-corrected chi connectivity index (χ3v) is 3.32. The molecule has 0 aromatic heterocycles. The highest BCUT2D eigenvalue weighted by molar-refractivity contribution is 6.32. The summed E-state index contributed by atoms with van der Waals surface area (Å²) in [6.07, 6.45) is -0.613. The molecule has 0 amide bonds. The molecule has 0 heterocycles. The molecule has 0 aliphatic heterocycles. The van der Waals surface area contributed by atoms with Gasteiger partial charge in [-0.05, 0) is 43.2 Å². The largest absolute Gasteiger partial charge is 0.456 e. The molecule has 1 N–H and O–H groups in total. The number of hydrogen-bond acceptors (Lipinski definition) is 4. The van der Waals surface area contributed by atoms with E-state index in [2.05, 4.69) is 0 Å². The number of non-ortho nitro benzene ring substituents is 1. The van der Waals surface area contributed by atoms with Gasteiger partial charge in [0.15, 0.2) is 0 Å². The zero-order valence-electron chi connectivity index (χ0n) is 11.5. The normalized spacial score (nSPS) is 12.0. The number of benzene rings is 2. The van der Waals surface area contributed by atoms with E-state index in [0.717, 1.165) is 0 Å². The Kier molecular flexibility index (Phi) is 4.45. The van der Waals surface area contributed by atoms with Crippen molar-refractivity contribution in [2.24, 2.45) is 0 Å². The monoisotopic (exact) mass is 307 g/mol. The summed E-state index contributed by atoms with van der Waals surface area (Å²) >= 11 is 6.11. The van der Waals surface area contributed by atoms with E-state index in [1.807, 2.05) is 0 Å². The molecule has 0 saturated heterocycles. The minimum atomic E-state index is -0.613. The molecule has 1 atom stereocenters. The fourth-order valence-corrected chi connectivity index (χ4v) is 2.07. The zero-order chi connectivity index (χ0) is 15.6. The van der Waals surface area contributed by atoms with Crippen molar-refractivity contribution < 1.29 is 14.8 Å². The Balaban J connectivity index is 2.28. The van der Waals surface area contributed by atoms with Crippen LogP contribution in [0.15, 0.2) is 36.4 Å². The first kappa shape index (κ1) is 15.3. The van der Waals surface area contributed by atoms with Crippen molar-refractivity contribution in [1.82, 2.24) is 0 Å². The summed E-state index contributed by atoms with van der Waals surface area (Å²) < 4.78 is 5.67. The number of hydrogen-bond donors (Lipinski definition) is 1. The Morgan fingerprint density at radius 3 is 2.43 bits per heavy atom. The number of ether oxygens (including phenoxy) is 1. The minimum absolute atomic E-state index is 0.00963. The van der Waals surface area contributed by atoms with E-state index in [1.165, 1.54) is 18.2 Å². The average Bonchev–Trinajstić information content (AvgIpc) is 2.42. The fourth-order valence-electron chi connectivity index (χ4n) is 1.84. The highest BCUT2D eigenvalue weighted by Crippen LogP contribution is 2.34. The van der Waals surface area contributed by atoms with Crippen molar-refractivity contribution in [2.75, 3.05) is 0 Å². The maximum absolute atomic E-state index is 10.7. The zero-order valence-corrected chi connectivity index (χ0v) is 12.3. The van der Waals surface area contributed by atoms with Crippen LogP contribution >= 0.6 is 11.6 Å². The number of nitrogens with zero attached hydrogens (tertiary/aromatic N) is 1. The summed E-state index contributed by atoms with van der Waals surface area (Å²) in [5.41, 5.74) is 1.34. The molecule has 2 rings (SSSR count). The van der Waals surface area contributed by atoms with E-state index < -0.39 is 11.0 Å². The quantitative estimate of drug-likeness (QED) is 0.671. The lowest BCUT2D eigenvalue weighted by molar-refractivity contribution is -0.384. The molecule has 0 bridgehead atoms. The molecule has 0 spiro atoms. The lowest BCUT2D eigenvalue weighted by Crippen LogP contribution is -1.94. The topological polar surface area (TPSA) is 72.6 Å². The molecule has 110 valence electrons. The summed E-state index contributed by atoms with van der Waals surface area (Å²) in [5, 5.41) is 20.6. The van der Waals surface area contributed by atoms with Gasteiger partial charge >= 0.3 is 0 Å². The van der Waals surface area contributed by atoms with Gasteiger partial charge in [0.25, 0.3) is 5.69 Å². The van der Waals surface area contributed by atoms with Crippen molar-refractivity contribution in [1.29, 1.82) is 0 Å². The fraction of sp³-hybridized carbons (Fsp3) is 0.200. The Morgan fingerprint density at radius 1 is 1.24 bits per heavy atom. The van der Waals surface area contributed by atoms with Crippen LogP contribution in [0.25, 0.3) is 0 Å². The Bertz CT molecular complexity index is 685. The van der Waals surface area contributed by atoms with Gasteiger partial charge in [0.2, 0.25) is 0 Å². The van der Waals surface area contributed by atoms with Gasteiger partial charge in [-0.15, -0.1) is 0 Å². The average molecular weight is 308 g/mol. The van der Waals surface area contributed by atoms with Gasteiger partial charge in [-0.3, -0.25) is 10.1 Å². The van der Waals surface area contributed by atoms with Crippen LogP contribution in [0.3, 0.4) is 0 Å². The van der Waals surface area contributed by atoms with Crippen LogP contribution in [-0.4, -0.2) is 10.0 Å². The van der Waals surface area contributed by atoms with Gasteiger partial charge in [-0.25, -0.2) is 0 Å². The second-order valence-electron chi connectivity index (χ2n) is 4.67. The number of halogens is 1. The van der Waals surface area contributed by atoms with Gasteiger partial charge < -0.3 is 9.84 Å². The van der Waals surface area contributed by atoms with Crippen molar-refractivity contribution >= 4 is 17.3 Å². The highest BCUT2D eigenvalue weighted by atomic mass is 35.5. The molecule has 0 fully saturated rings. The van der Waals surface area contributed by atoms with Gasteiger partial charge in [-0.1, -0.05) is 17.7 Å². The summed E-state index contributed by atoms with van der Waals surface area (Å²) in [6, 6.07) is 9.35. The van der Waals surface area contributed by atoms with Crippen LogP contribution in [0.1, 0.15) is 24.2 Å². The number of nitro groups is 1. The van der Waals surface area contributed by atoms with Crippen molar-refractivity contribution in [3.05, 3.63) is 62.7 Å². The van der Waals surface area contributed by atoms with E-state index in [1.54, 1.807) is 32.0 Å². The van der Waals surface area contributed by atoms with E-state index >= 15 is 0 Å². The Labute approximate surface area is 126 Å². The molecule has 0 unspecified atom stereocenters. The van der Waals surface area contributed by atoms with E-state index in [4.69, 9.17) is 16.3 Å². The van der Waals surface area contributed by atoms with E-state index in [-0.39, 0.29) is 5.69 Å². The maximum atomic E-state index is 10.7. The summed E-state index contributed by atoms with van der Waals surface area (Å²) in [7, 11) is 0. The Morgan fingerprint density at radius 2 is 1.90 bits per heavy atom. The highest BCUT2D eigenvalue weighted by Gasteiger charge is 2.12. The van der Waals surface area contributed by atoms with Crippen molar-refractivity contribution in [2.45, 2.75) is 20.0 Å². The third kappa shape index (κ3) is 3.51. The summed E-state index contributed by atoms with van der Waals surface area (Å²) in [5.74, 6) is 0.922. The minimum Gasteiger partial charge on any atom is -0.456 e. The van der Waals surface area contributed by atoms with Crippen molar-refractivity contribution in [3.63, 3.8) is 0 Å². The number of nitro benzene ring substituents is 1. The van der Waals surface area contributed by atoms with Crippen LogP contribution in [0, 0.1) is 17.0 Å². The van der Waals surface area contributed by atoms with Crippen LogP contribution in [-0.2, 0) is 0 Å². The molecule has 0 aliphatic rings. The predicted molar refractivity (Wildman–Crippen MR) is 80.0 cm³/mol. The van der Waals surface area contributed by atoms with Gasteiger partial charge in [0.05, 0.1) is 16.0 Å². The molecule has 6 heteroatoms. The second kappa shape index (κ2) is 6.11. The van der Waals surface area contributed by atoms with Crippen LogP contribution in [0.4, 0.5) is 5.69 Å². The van der Waals surface area contributed by atoms with Gasteiger partial charge in [0.1, 0.15) is 11.5 Å². The molecule has 21 heavy (non-hydrogen) atoms. The summed E-state index contributed by atoms with van der Waals surface area (Å²) in [6.45, 7) is 3.37. The number of rotatable bonds is 4. The molecule has 2 aromatic rings. The lowest BCUT2D eigenvalue weighted by Gasteiger charge is -2.12. The standard InChI is InChI=1S/C15H14ClNO4/c1-9-7-12(17(19)20)4-6-14(9)21-15-5-3-11(10(2)18)8-13(15)16/h3-8,10,18H,1-2H3/t10-/m1/s1. The van der Waals surface area contributed by atoms with Crippen LogP contribution < -0.4 is 4.74 Å². The number of aliphatic hydroxyl groups is 1. The molecule has 5 nitrogen and oxygen atoms in total. The number of aryl methyl sites for hydroxylation is 1. The first-order valence-electron chi connectivity index (χ1n) is 6.29. The molecule has 0 radical (unpaired) electrons. The lowest BCUT2D eigenvalue weighted by atomic mass is 10.1. The molecule has 2 aromatic carbocycles. The third-order valence-electron chi connectivity index (χ3n) is 3.03. The SMILES string of the molecule is Cc1cc([N+](=O)[O-])ccc1Oc1ccc([C@@H](C)O)cc1Cl. The smallest absolute Gasteiger partial charge is 0.269 e. The van der Waals surface area contributed by atoms with E-state index in [9.17, 15) is 15.2 Å². The van der Waals surface area contributed by atoms with Crippen molar-refractivity contribution in [3.8, 4) is 11.5 Å². The summed E-state index contributed by atoms with van der Waals surface area (Å²) in [4.78, 5) is 10.2. The molecular weight excluding hydrogens is 294 g/mol. The van der Waals surface area contributed by atoms with E-state index in [0.29, 0.717) is 27.6 Å². The second-order valence-corrected chi connectivity index (χ2v) is 5.08. The molecule has 0 aliphatic carbocycles. The van der Waals surface area contributed by atoms with Crippen LogP contribution in [0.5, 0.6) is 11.5 Å². The Hall–Kier alpha value is -2.11. The molecular formula is C15H14ClNO4. The maximum Gasteiger partial charge on any atom is 0.269 e. The number of aliphatic hydroxyl groups excluding tert-OH is 1. The van der Waals surface area contributed by atoms with Gasteiger partial charge in [0, 0.05) is 12.1 Å².